The van der Waals surface area contributed by atoms with Gasteiger partial charge in [0.15, 0.2) is 11.5 Å². The zero-order valence-electron chi connectivity index (χ0n) is 14.0. The van der Waals surface area contributed by atoms with E-state index in [-0.39, 0.29) is 28.1 Å². The van der Waals surface area contributed by atoms with Gasteiger partial charge in [-0.15, -0.1) is 0 Å². The number of carbonyl (C=O) groups excluding carboxylic acids is 1. The van der Waals surface area contributed by atoms with Gasteiger partial charge < -0.3 is 14.4 Å². The Hall–Kier alpha value is -2.80. The quantitative estimate of drug-likeness (QED) is 0.630. The van der Waals surface area contributed by atoms with Crippen LogP contribution < -0.4 is 15.7 Å². The molecule has 1 amide bonds. The van der Waals surface area contributed by atoms with Crippen LogP contribution in [0.25, 0.3) is 0 Å². The van der Waals surface area contributed by atoms with Gasteiger partial charge in [0.05, 0.1) is 18.3 Å². The smallest absolute Gasteiger partial charge is 0.276 e. The van der Waals surface area contributed by atoms with E-state index in [1.807, 2.05) is 13.8 Å². The second-order valence-electron chi connectivity index (χ2n) is 5.45. The molecule has 0 aliphatic rings. The zero-order chi connectivity index (χ0) is 18.6. The maximum atomic E-state index is 12.2. The van der Waals surface area contributed by atoms with Crippen LogP contribution in [-0.2, 0) is 0 Å². The van der Waals surface area contributed by atoms with E-state index >= 15 is 0 Å². The fourth-order valence-corrected chi connectivity index (χ4v) is 2.34. The minimum atomic E-state index is -0.634. The Labute approximate surface area is 149 Å². The summed E-state index contributed by atoms with van der Waals surface area (Å²) in [6.07, 6.45) is 2.89. The van der Waals surface area contributed by atoms with Gasteiger partial charge in [-0.25, -0.2) is 5.43 Å². The molecule has 0 bridgehead atoms. The molecular formula is C17H18ClN3O4. The SMILES string of the molecule is COc1ccc(/C=N\NC(=O)c2cccn(C(C)C)c2=O)c(Cl)c1O. The van der Waals surface area contributed by atoms with Crippen molar-refractivity contribution in [3.8, 4) is 11.5 Å². The molecular weight excluding hydrogens is 346 g/mol. The molecule has 0 unspecified atom stereocenters. The second-order valence-corrected chi connectivity index (χ2v) is 5.82. The summed E-state index contributed by atoms with van der Waals surface area (Å²) >= 11 is 6.00. The number of hydrazone groups is 1. The van der Waals surface area contributed by atoms with Gasteiger partial charge in [-0.2, -0.15) is 5.10 Å². The van der Waals surface area contributed by atoms with E-state index in [1.165, 1.54) is 30.0 Å². The summed E-state index contributed by atoms with van der Waals surface area (Å²) in [5, 5.41) is 13.7. The van der Waals surface area contributed by atoms with Gasteiger partial charge in [0.25, 0.3) is 11.5 Å². The van der Waals surface area contributed by atoms with Crippen molar-refractivity contribution in [3.63, 3.8) is 0 Å². The van der Waals surface area contributed by atoms with Crippen molar-refractivity contribution in [3.05, 3.63) is 57.0 Å². The number of methoxy groups -OCH3 is 1. The fourth-order valence-electron chi connectivity index (χ4n) is 2.14. The molecule has 2 N–H and O–H groups in total. The minimum Gasteiger partial charge on any atom is -0.503 e. The Morgan fingerprint density at radius 3 is 2.76 bits per heavy atom. The lowest BCUT2D eigenvalue weighted by Gasteiger charge is -2.10. The molecule has 0 fully saturated rings. The van der Waals surface area contributed by atoms with Crippen molar-refractivity contribution in [1.82, 2.24) is 9.99 Å². The summed E-state index contributed by atoms with van der Waals surface area (Å²) in [5.41, 5.74) is 2.24. The van der Waals surface area contributed by atoms with Gasteiger partial charge in [-0.1, -0.05) is 11.6 Å². The fraction of sp³-hybridized carbons (Fsp3) is 0.235. The van der Waals surface area contributed by atoms with Crippen LogP contribution in [0.15, 0.2) is 40.4 Å². The number of nitrogens with one attached hydrogen (secondary N) is 1. The van der Waals surface area contributed by atoms with E-state index in [0.717, 1.165) is 0 Å². The third kappa shape index (κ3) is 4.00. The summed E-state index contributed by atoms with van der Waals surface area (Å²) in [6.45, 7) is 3.69. The Kier molecular flexibility index (Phi) is 5.82. The molecule has 0 atom stereocenters. The number of hydrogen-bond donors (Lipinski definition) is 2. The maximum absolute atomic E-state index is 12.2. The van der Waals surface area contributed by atoms with Gasteiger partial charge in [0.2, 0.25) is 0 Å². The number of carbonyl (C=O) groups is 1. The molecule has 25 heavy (non-hydrogen) atoms. The molecule has 8 heteroatoms. The van der Waals surface area contributed by atoms with E-state index in [0.29, 0.717) is 5.56 Å². The highest BCUT2D eigenvalue weighted by Gasteiger charge is 2.13. The highest BCUT2D eigenvalue weighted by atomic mass is 35.5. The number of benzene rings is 1. The molecule has 1 aromatic heterocycles. The van der Waals surface area contributed by atoms with Crippen molar-refractivity contribution in [2.75, 3.05) is 7.11 Å². The van der Waals surface area contributed by atoms with Crippen LogP contribution >= 0.6 is 11.6 Å². The molecule has 0 aliphatic carbocycles. The molecule has 2 rings (SSSR count). The number of hydrogen-bond acceptors (Lipinski definition) is 5. The average molecular weight is 364 g/mol. The number of aromatic nitrogens is 1. The predicted octanol–water partition coefficient (Wildman–Crippen LogP) is 2.56. The molecule has 1 aromatic carbocycles. The third-order valence-corrected chi connectivity index (χ3v) is 3.87. The van der Waals surface area contributed by atoms with Gasteiger partial charge >= 0.3 is 0 Å². The Morgan fingerprint density at radius 1 is 1.40 bits per heavy atom. The summed E-state index contributed by atoms with van der Waals surface area (Å²) in [7, 11) is 1.41. The maximum Gasteiger partial charge on any atom is 0.276 e. The molecule has 1 heterocycles. The van der Waals surface area contributed by atoms with E-state index in [1.54, 1.807) is 18.3 Å². The Bertz CT molecular complexity index is 875. The number of phenolic OH excluding ortho intramolecular Hbond substituents is 1. The van der Waals surface area contributed by atoms with Gasteiger partial charge in [0, 0.05) is 17.8 Å². The monoisotopic (exact) mass is 363 g/mol. The number of aromatic hydroxyl groups is 1. The normalized spacial score (nSPS) is 11.1. The van der Waals surface area contributed by atoms with Crippen LogP contribution in [0.1, 0.15) is 35.8 Å². The first kappa shape index (κ1) is 18.5. The van der Waals surface area contributed by atoms with E-state index in [4.69, 9.17) is 16.3 Å². The van der Waals surface area contributed by atoms with E-state index < -0.39 is 11.5 Å². The van der Waals surface area contributed by atoms with Gasteiger partial charge in [0.1, 0.15) is 5.56 Å². The first-order chi connectivity index (χ1) is 11.9. The number of rotatable bonds is 5. The highest BCUT2D eigenvalue weighted by Crippen LogP contribution is 2.35. The lowest BCUT2D eigenvalue weighted by Crippen LogP contribution is -2.31. The van der Waals surface area contributed by atoms with Gasteiger partial charge in [-0.05, 0) is 38.1 Å². The molecule has 0 radical (unpaired) electrons. The van der Waals surface area contributed by atoms with Crippen LogP contribution in [-0.4, -0.2) is 28.9 Å². The number of pyridine rings is 1. The topological polar surface area (TPSA) is 92.9 Å². The van der Waals surface area contributed by atoms with Crippen molar-refractivity contribution >= 4 is 23.7 Å². The predicted molar refractivity (Wildman–Crippen MR) is 95.8 cm³/mol. The van der Waals surface area contributed by atoms with Crippen molar-refractivity contribution < 1.29 is 14.6 Å². The molecule has 0 spiro atoms. The molecule has 0 saturated heterocycles. The van der Waals surface area contributed by atoms with E-state index in [2.05, 4.69) is 10.5 Å². The summed E-state index contributed by atoms with van der Waals surface area (Å²) in [4.78, 5) is 24.4. The van der Waals surface area contributed by atoms with Crippen molar-refractivity contribution in [2.24, 2.45) is 5.10 Å². The van der Waals surface area contributed by atoms with Crippen molar-refractivity contribution in [1.29, 1.82) is 0 Å². The lowest BCUT2D eigenvalue weighted by atomic mass is 10.2. The summed E-state index contributed by atoms with van der Waals surface area (Å²) in [5.74, 6) is -0.628. The molecule has 2 aromatic rings. The van der Waals surface area contributed by atoms with Crippen LogP contribution in [0.3, 0.4) is 0 Å². The van der Waals surface area contributed by atoms with Crippen LogP contribution in [0.2, 0.25) is 5.02 Å². The molecule has 0 saturated carbocycles. The minimum absolute atomic E-state index is 0.0166. The standard InChI is InChI=1S/C17H18ClN3O4/c1-10(2)21-8-4-5-12(17(21)24)16(23)20-19-9-11-6-7-13(25-3)15(22)14(11)18/h4-10,22H,1-3H3,(H,20,23)/b19-9-. The lowest BCUT2D eigenvalue weighted by molar-refractivity contribution is 0.0953. The van der Waals surface area contributed by atoms with Crippen LogP contribution in [0, 0.1) is 0 Å². The Morgan fingerprint density at radius 2 is 2.12 bits per heavy atom. The van der Waals surface area contributed by atoms with Crippen LogP contribution in [0.4, 0.5) is 0 Å². The first-order valence-electron chi connectivity index (χ1n) is 7.46. The number of ether oxygens (including phenoxy) is 1. The molecule has 0 aliphatic heterocycles. The number of halogens is 1. The number of nitrogens with zero attached hydrogens (tertiary/aromatic N) is 2. The second kappa shape index (κ2) is 7.85. The Balaban J connectivity index is 2.18. The van der Waals surface area contributed by atoms with E-state index in [9.17, 15) is 14.7 Å². The number of phenols is 1. The van der Waals surface area contributed by atoms with Crippen LogP contribution in [0.5, 0.6) is 11.5 Å². The largest absolute Gasteiger partial charge is 0.503 e. The van der Waals surface area contributed by atoms with Gasteiger partial charge in [-0.3, -0.25) is 9.59 Å². The molecule has 132 valence electrons. The average Bonchev–Trinajstić information content (AvgIpc) is 2.58. The third-order valence-electron chi connectivity index (χ3n) is 3.47. The zero-order valence-corrected chi connectivity index (χ0v) is 14.7. The summed E-state index contributed by atoms with van der Waals surface area (Å²) in [6, 6.07) is 6.08. The first-order valence-corrected chi connectivity index (χ1v) is 7.84. The van der Waals surface area contributed by atoms with Crippen molar-refractivity contribution in [2.45, 2.75) is 19.9 Å². The highest BCUT2D eigenvalue weighted by molar-refractivity contribution is 6.34. The summed E-state index contributed by atoms with van der Waals surface area (Å²) < 4.78 is 6.39. The number of amides is 1. The molecule has 7 nitrogen and oxygen atoms in total.